The molecule has 0 spiro atoms. The largest absolute Gasteiger partial charge is 0.369 e. The Morgan fingerprint density at radius 1 is 1.11 bits per heavy atom. The van der Waals surface area contributed by atoms with Gasteiger partial charge in [0, 0.05) is 49.0 Å². The van der Waals surface area contributed by atoms with Gasteiger partial charge in [-0.2, -0.15) is 0 Å². The Morgan fingerprint density at radius 2 is 1.75 bits per heavy atom. The van der Waals surface area contributed by atoms with E-state index in [1.165, 1.54) is 18.5 Å². The first-order valence-electron chi connectivity index (χ1n) is 10.2. The molecule has 0 bridgehead atoms. The molecule has 28 heavy (non-hydrogen) atoms. The molecule has 4 rings (SSSR count). The van der Waals surface area contributed by atoms with Crippen LogP contribution in [0.2, 0.25) is 0 Å². The van der Waals surface area contributed by atoms with E-state index in [-0.39, 0.29) is 11.3 Å². The summed E-state index contributed by atoms with van der Waals surface area (Å²) in [5.74, 6) is 0.377. The number of aromatic nitrogens is 1. The van der Waals surface area contributed by atoms with Crippen molar-refractivity contribution in [3.05, 3.63) is 41.3 Å². The summed E-state index contributed by atoms with van der Waals surface area (Å²) in [7, 11) is 0. The first-order chi connectivity index (χ1) is 13.3. The van der Waals surface area contributed by atoms with Crippen LogP contribution in [0.25, 0.3) is 0 Å². The highest BCUT2D eigenvalue weighted by molar-refractivity contribution is 6.06. The van der Waals surface area contributed by atoms with Crippen molar-refractivity contribution in [2.75, 3.05) is 36.4 Å². The van der Waals surface area contributed by atoms with Crippen molar-refractivity contribution in [3.63, 3.8) is 0 Å². The van der Waals surface area contributed by atoms with Crippen molar-refractivity contribution in [1.82, 2.24) is 10.1 Å². The maximum absolute atomic E-state index is 12.8. The summed E-state index contributed by atoms with van der Waals surface area (Å²) in [6.07, 6.45) is 2.74. The Kier molecular flexibility index (Phi) is 4.91. The van der Waals surface area contributed by atoms with Crippen LogP contribution in [0.1, 0.15) is 55.4 Å². The molecule has 150 valence electrons. The third-order valence-electron chi connectivity index (χ3n) is 5.67. The standard InChI is InChI=1S/C22H30N4O2/c1-15-19(20(24-28-15)22(2,3)4)21(27)23-16-5-7-17(8-6-16)25-11-13-26(14-12-25)18-9-10-18/h5-8,18H,9-14H2,1-4H3,(H,23,27). The van der Waals surface area contributed by atoms with Gasteiger partial charge < -0.3 is 14.7 Å². The molecule has 2 aromatic rings. The lowest BCUT2D eigenvalue weighted by molar-refractivity contribution is 0.102. The maximum Gasteiger partial charge on any atom is 0.261 e. The van der Waals surface area contributed by atoms with E-state index in [0.29, 0.717) is 17.0 Å². The molecule has 1 saturated heterocycles. The smallest absolute Gasteiger partial charge is 0.261 e. The summed E-state index contributed by atoms with van der Waals surface area (Å²) in [6, 6.07) is 8.97. The highest BCUT2D eigenvalue weighted by Gasteiger charge is 2.31. The highest BCUT2D eigenvalue weighted by Crippen LogP contribution is 2.30. The third kappa shape index (κ3) is 3.92. The average Bonchev–Trinajstić information content (AvgIpc) is 3.43. The maximum atomic E-state index is 12.8. The van der Waals surface area contributed by atoms with E-state index in [1.54, 1.807) is 6.92 Å². The van der Waals surface area contributed by atoms with E-state index in [2.05, 4.69) is 32.4 Å². The third-order valence-corrected chi connectivity index (χ3v) is 5.67. The number of aryl methyl sites for hydroxylation is 1. The van der Waals surface area contributed by atoms with Gasteiger partial charge in [0.2, 0.25) is 0 Å². The Balaban J connectivity index is 1.41. The molecule has 1 amide bonds. The van der Waals surface area contributed by atoms with E-state index in [0.717, 1.165) is 37.9 Å². The van der Waals surface area contributed by atoms with E-state index < -0.39 is 0 Å². The molecule has 2 heterocycles. The number of carbonyl (C=O) groups excluding carboxylic acids is 1. The minimum Gasteiger partial charge on any atom is -0.369 e. The van der Waals surface area contributed by atoms with Crippen molar-refractivity contribution in [2.45, 2.75) is 52.0 Å². The lowest BCUT2D eigenvalue weighted by atomic mass is 9.88. The average molecular weight is 383 g/mol. The van der Waals surface area contributed by atoms with Gasteiger partial charge in [0.05, 0.1) is 0 Å². The summed E-state index contributed by atoms with van der Waals surface area (Å²) < 4.78 is 5.29. The van der Waals surface area contributed by atoms with Crippen LogP contribution in [0.4, 0.5) is 11.4 Å². The van der Waals surface area contributed by atoms with Crippen molar-refractivity contribution < 1.29 is 9.32 Å². The van der Waals surface area contributed by atoms with E-state index in [9.17, 15) is 4.79 Å². The number of rotatable bonds is 4. The Bertz CT molecular complexity index is 838. The fraction of sp³-hybridized carbons (Fsp3) is 0.545. The van der Waals surface area contributed by atoms with Gasteiger partial charge >= 0.3 is 0 Å². The lowest BCUT2D eigenvalue weighted by Crippen LogP contribution is -2.47. The second kappa shape index (κ2) is 7.24. The molecule has 2 fully saturated rings. The van der Waals surface area contributed by atoms with Gasteiger partial charge in [-0.05, 0) is 44.0 Å². The zero-order valence-corrected chi connectivity index (χ0v) is 17.3. The molecule has 1 aliphatic carbocycles. The van der Waals surface area contributed by atoms with E-state index >= 15 is 0 Å². The number of nitrogens with zero attached hydrogens (tertiary/aromatic N) is 3. The van der Waals surface area contributed by atoms with Crippen LogP contribution in [0.5, 0.6) is 0 Å². The van der Waals surface area contributed by atoms with Crippen LogP contribution >= 0.6 is 0 Å². The Labute approximate surface area is 166 Å². The topological polar surface area (TPSA) is 61.6 Å². The van der Waals surface area contributed by atoms with Gasteiger partial charge in [-0.25, -0.2) is 0 Å². The molecule has 0 radical (unpaired) electrons. The van der Waals surface area contributed by atoms with Gasteiger partial charge in [0.25, 0.3) is 5.91 Å². The summed E-state index contributed by atoms with van der Waals surface area (Å²) in [5.41, 5.74) is 2.97. The zero-order valence-electron chi connectivity index (χ0n) is 17.3. The Hall–Kier alpha value is -2.34. The summed E-state index contributed by atoms with van der Waals surface area (Å²) in [6.45, 7) is 12.3. The number of nitrogens with one attached hydrogen (secondary N) is 1. The number of carbonyl (C=O) groups is 1. The fourth-order valence-corrected chi connectivity index (χ4v) is 3.89. The minimum atomic E-state index is -0.253. The molecule has 2 aliphatic rings. The van der Waals surface area contributed by atoms with Crippen LogP contribution in [0, 0.1) is 6.92 Å². The molecule has 1 aromatic heterocycles. The summed E-state index contributed by atoms with van der Waals surface area (Å²) in [5, 5.41) is 7.09. The molecule has 0 unspecified atom stereocenters. The Morgan fingerprint density at radius 3 is 2.32 bits per heavy atom. The van der Waals surface area contributed by atoms with Crippen LogP contribution < -0.4 is 10.2 Å². The van der Waals surface area contributed by atoms with E-state index in [1.807, 2.05) is 32.9 Å². The summed E-state index contributed by atoms with van der Waals surface area (Å²) in [4.78, 5) is 17.9. The molecule has 1 saturated carbocycles. The van der Waals surface area contributed by atoms with Crippen molar-refractivity contribution in [1.29, 1.82) is 0 Å². The van der Waals surface area contributed by atoms with Crippen molar-refractivity contribution >= 4 is 17.3 Å². The van der Waals surface area contributed by atoms with Crippen LogP contribution in [0.15, 0.2) is 28.8 Å². The van der Waals surface area contributed by atoms with Gasteiger partial charge in [-0.1, -0.05) is 25.9 Å². The predicted molar refractivity (Wildman–Crippen MR) is 111 cm³/mol. The number of anilines is 2. The molecular weight excluding hydrogens is 352 g/mol. The monoisotopic (exact) mass is 382 g/mol. The van der Waals surface area contributed by atoms with Crippen LogP contribution in [-0.4, -0.2) is 48.2 Å². The molecule has 1 aliphatic heterocycles. The molecule has 1 aromatic carbocycles. The van der Waals surface area contributed by atoms with Gasteiger partial charge in [0.1, 0.15) is 17.0 Å². The number of hydrogen-bond donors (Lipinski definition) is 1. The lowest BCUT2D eigenvalue weighted by Gasteiger charge is -2.36. The normalized spacial score (nSPS) is 18.4. The fourth-order valence-electron chi connectivity index (χ4n) is 3.89. The molecule has 0 atom stereocenters. The van der Waals surface area contributed by atoms with Gasteiger partial charge in [-0.15, -0.1) is 0 Å². The second-order valence-electron chi connectivity index (χ2n) is 8.97. The first kappa shape index (κ1) is 19.0. The quantitative estimate of drug-likeness (QED) is 0.871. The first-order valence-corrected chi connectivity index (χ1v) is 10.2. The van der Waals surface area contributed by atoms with Gasteiger partial charge in [-0.3, -0.25) is 9.69 Å². The SMILES string of the molecule is Cc1onc(C(C)(C)C)c1C(=O)Nc1ccc(N2CCN(C3CC3)CC2)cc1. The second-order valence-corrected chi connectivity index (χ2v) is 8.97. The van der Waals surface area contributed by atoms with Crippen LogP contribution in [-0.2, 0) is 5.41 Å². The minimum absolute atomic E-state index is 0.172. The molecule has 6 heteroatoms. The van der Waals surface area contributed by atoms with E-state index in [4.69, 9.17) is 4.52 Å². The molecule has 1 N–H and O–H groups in total. The number of hydrogen-bond acceptors (Lipinski definition) is 5. The summed E-state index contributed by atoms with van der Waals surface area (Å²) >= 11 is 0. The van der Waals surface area contributed by atoms with Crippen molar-refractivity contribution in [2.24, 2.45) is 0 Å². The van der Waals surface area contributed by atoms with Crippen molar-refractivity contribution in [3.8, 4) is 0 Å². The van der Waals surface area contributed by atoms with Crippen LogP contribution in [0.3, 0.4) is 0 Å². The number of benzene rings is 1. The highest BCUT2D eigenvalue weighted by atomic mass is 16.5. The number of piperazine rings is 1. The zero-order chi connectivity index (χ0) is 19.9. The van der Waals surface area contributed by atoms with Gasteiger partial charge in [0.15, 0.2) is 0 Å². The number of amides is 1. The molecular formula is C22H30N4O2. The predicted octanol–water partition coefficient (Wildman–Crippen LogP) is 3.82. The molecule has 6 nitrogen and oxygen atoms in total.